The number of piperazine rings is 1. The molecule has 1 N–H and O–H groups in total. The molecule has 3 rings (SSSR count). The highest BCUT2D eigenvalue weighted by molar-refractivity contribution is 5.80. The molecule has 6 heteroatoms. The van der Waals surface area contributed by atoms with Crippen molar-refractivity contribution in [1.29, 1.82) is 0 Å². The molecule has 2 amide bonds. The summed E-state index contributed by atoms with van der Waals surface area (Å²) in [7, 11) is 0. The molecule has 0 spiro atoms. The van der Waals surface area contributed by atoms with E-state index in [1.807, 2.05) is 41.0 Å². The number of aryl methyl sites for hydroxylation is 1. The van der Waals surface area contributed by atoms with Crippen LogP contribution in [-0.2, 0) is 9.59 Å². The molecule has 0 bridgehead atoms. The van der Waals surface area contributed by atoms with Gasteiger partial charge >= 0.3 is 0 Å². The Morgan fingerprint density at radius 1 is 1.36 bits per heavy atom. The molecule has 1 atom stereocenters. The fourth-order valence-corrected chi connectivity index (χ4v) is 3.56. The highest BCUT2D eigenvalue weighted by Crippen LogP contribution is 2.18. The Bertz CT molecular complexity index is 620. The zero-order valence-electron chi connectivity index (χ0n) is 14.9. The Balaban J connectivity index is 1.47. The van der Waals surface area contributed by atoms with Gasteiger partial charge in [-0.3, -0.25) is 9.59 Å². The van der Waals surface area contributed by atoms with Crippen LogP contribution in [-0.4, -0.2) is 67.0 Å². The zero-order chi connectivity index (χ0) is 17.6. The minimum absolute atomic E-state index is 0.111. The summed E-state index contributed by atoms with van der Waals surface area (Å²) >= 11 is 0. The fourth-order valence-electron chi connectivity index (χ4n) is 3.56. The summed E-state index contributed by atoms with van der Waals surface area (Å²) in [6, 6.07) is 8.00. The number of piperidine rings is 1. The number of nitrogens with zero attached hydrogens (tertiary/aromatic N) is 2. The lowest BCUT2D eigenvalue weighted by Crippen LogP contribution is -2.57. The molecule has 2 fully saturated rings. The van der Waals surface area contributed by atoms with E-state index in [2.05, 4.69) is 5.32 Å². The van der Waals surface area contributed by atoms with E-state index in [1.54, 1.807) is 0 Å². The van der Waals surface area contributed by atoms with E-state index in [1.165, 1.54) is 0 Å². The average Bonchev–Trinajstić information content (AvgIpc) is 2.62. The molecule has 0 aliphatic carbocycles. The predicted molar refractivity (Wildman–Crippen MR) is 95.5 cm³/mol. The summed E-state index contributed by atoms with van der Waals surface area (Å²) in [6.45, 7) is 5.81. The van der Waals surface area contributed by atoms with E-state index in [4.69, 9.17) is 4.74 Å². The molecule has 136 valence electrons. The number of hydrogen-bond donors (Lipinski definition) is 1. The number of benzene rings is 1. The van der Waals surface area contributed by atoms with Gasteiger partial charge in [-0.1, -0.05) is 12.1 Å². The van der Waals surface area contributed by atoms with Crippen molar-refractivity contribution in [3.8, 4) is 5.75 Å². The highest BCUT2D eigenvalue weighted by atomic mass is 16.5. The lowest BCUT2D eigenvalue weighted by atomic mass is 10.0. The number of carbonyl (C=O) groups is 2. The Morgan fingerprint density at radius 2 is 2.24 bits per heavy atom. The van der Waals surface area contributed by atoms with Gasteiger partial charge in [-0.2, -0.15) is 0 Å². The molecule has 25 heavy (non-hydrogen) atoms. The molecule has 1 aromatic rings. The van der Waals surface area contributed by atoms with Crippen molar-refractivity contribution >= 4 is 11.8 Å². The van der Waals surface area contributed by atoms with Gasteiger partial charge in [-0.05, 0) is 37.5 Å². The molecule has 1 aromatic carbocycles. The van der Waals surface area contributed by atoms with Gasteiger partial charge in [0.05, 0.1) is 19.6 Å². The molecule has 1 unspecified atom stereocenters. The minimum Gasteiger partial charge on any atom is -0.493 e. The Morgan fingerprint density at radius 3 is 3.04 bits per heavy atom. The molecule has 2 aliphatic heterocycles. The number of carbonyl (C=O) groups excluding carboxylic acids is 2. The quantitative estimate of drug-likeness (QED) is 0.871. The highest BCUT2D eigenvalue weighted by Gasteiger charge is 2.31. The summed E-state index contributed by atoms with van der Waals surface area (Å²) in [5, 5.41) is 3.10. The van der Waals surface area contributed by atoms with Crippen molar-refractivity contribution < 1.29 is 14.3 Å². The third kappa shape index (κ3) is 4.72. The lowest BCUT2D eigenvalue weighted by molar-refractivity contribution is -0.140. The largest absolute Gasteiger partial charge is 0.493 e. The molecule has 0 saturated carbocycles. The van der Waals surface area contributed by atoms with Crippen LogP contribution in [0.5, 0.6) is 5.75 Å². The molecule has 0 aromatic heterocycles. The summed E-state index contributed by atoms with van der Waals surface area (Å²) in [6.07, 6.45) is 2.30. The SMILES string of the molecule is Cc1cccc(OCCC(=O)N2CCCC(N3CCNCC3=O)C2)c1. The van der Waals surface area contributed by atoms with E-state index in [0.29, 0.717) is 26.1 Å². The smallest absolute Gasteiger partial charge is 0.236 e. The monoisotopic (exact) mass is 345 g/mol. The number of hydrogen-bond acceptors (Lipinski definition) is 4. The maximum atomic E-state index is 12.5. The van der Waals surface area contributed by atoms with Crippen LogP contribution in [0.15, 0.2) is 24.3 Å². The third-order valence-corrected chi connectivity index (χ3v) is 4.89. The summed E-state index contributed by atoms with van der Waals surface area (Å²) in [4.78, 5) is 28.4. The molecular formula is C19H27N3O3. The second kappa shape index (κ2) is 8.34. The first kappa shape index (κ1) is 17.7. The molecular weight excluding hydrogens is 318 g/mol. The number of ether oxygens (including phenoxy) is 1. The number of likely N-dealkylation sites (tertiary alicyclic amines) is 1. The molecule has 2 saturated heterocycles. The van der Waals surface area contributed by atoms with Gasteiger partial charge in [0.25, 0.3) is 0 Å². The second-order valence-corrected chi connectivity index (χ2v) is 6.81. The van der Waals surface area contributed by atoms with Crippen LogP contribution in [0, 0.1) is 6.92 Å². The van der Waals surface area contributed by atoms with E-state index in [-0.39, 0.29) is 17.9 Å². The maximum Gasteiger partial charge on any atom is 0.236 e. The fraction of sp³-hybridized carbons (Fsp3) is 0.579. The normalized spacial score (nSPS) is 21.3. The lowest BCUT2D eigenvalue weighted by Gasteiger charge is -2.41. The van der Waals surface area contributed by atoms with Gasteiger partial charge in [0.1, 0.15) is 5.75 Å². The molecule has 0 radical (unpaired) electrons. The van der Waals surface area contributed by atoms with E-state index in [0.717, 1.165) is 43.8 Å². The van der Waals surface area contributed by atoms with Gasteiger partial charge in [0.2, 0.25) is 11.8 Å². The second-order valence-electron chi connectivity index (χ2n) is 6.81. The van der Waals surface area contributed by atoms with Gasteiger partial charge in [-0.15, -0.1) is 0 Å². The number of nitrogens with one attached hydrogen (secondary N) is 1. The summed E-state index contributed by atoms with van der Waals surface area (Å²) in [5.41, 5.74) is 1.14. The topological polar surface area (TPSA) is 61.9 Å². The van der Waals surface area contributed by atoms with Crippen LogP contribution in [0.1, 0.15) is 24.8 Å². The van der Waals surface area contributed by atoms with Crippen molar-refractivity contribution in [3.05, 3.63) is 29.8 Å². The Kier molecular flexibility index (Phi) is 5.91. The third-order valence-electron chi connectivity index (χ3n) is 4.89. The van der Waals surface area contributed by atoms with Crippen LogP contribution in [0.25, 0.3) is 0 Å². The number of rotatable bonds is 5. The first-order chi connectivity index (χ1) is 12.1. The minimum atomic E-state index is 0.111. The van der Waals surface area contributed by atoms with Crippen molar-refractivity contribution in [1.82, 2.24) is 15.1 Å². The van der Waals surface area contributed by atoms with Crippen LogP contribution in [0.4, 0.5) is 0 Å². The molecule has 2 heterocycles. The van der Waals surface area contributed by atoms with Gasteiger partial charge in [0, 0.05) is 32.2 Å². The summed E-state index contributed by atoms with van der Waals surface area (Å²) < 4.78 is 5.69. The predicted octanol–water partition coefficient (Wildman–Crippen LogP) is 1.19. The van der Waals surface area contributed by atoms with Crippen molar-refractivity contribution in [2.45, 2.75) is 32.2 Å². The molecule has 2 aliphatic rings. The first-order valence-electron chi connectivity index (χ1n) is 9.11. The van der Waals surface area contributed by atoms with Crippen molar-refractivity contribution in [3.63, 3.8) is 0 Å². The standard InChI is InChI=1S/C19H27N3O3/c1-15-4-2-6-17(12-15)25-11-7-18(23)21-9-3-5-16(14-21)22-10-8-20-13-19(22)24/h2,4,6,12,16,20H,3,5,7-11,13-14H2,1H3. The van der Waals surface area contributed by atoms with E-state index < -0.39 is 0 Å². The van der Waals surface area contributed by atoms with Crippen molar-refractivity contribution in [2.24, 2.45) is 0 Å². The summed E-state index contributed by atoms with van der Waals surface area (Å²) in [5.74, 6) is 1.06. The van der Waals surface area contributed by atoms with Gasteiger partial charge in [-0.25, -0.2) is 0 Å². The Labute approximate surface area is 149 Å². The van der Waals surface area contributed by atoms with Crippen LogP contribution < -0.4 is 10.1 Å². The van der Waals surface area contributed by atoms with Crippen LogP contribution in [0.2, 0.25) is 0 Å². The first-order valence-corrected chi connectivity index (χ1v) is 9.11. The molecule has 6 nitrogen and oxygen atoms in total. The zero-order valence-corrected chi connectivity index (χ0v) is 14.9. The Hall–Kier alpha value is -2.08. The number of amides is 2. The van der Waals surface area contributed by atoms with Gasteiger partial charge < -0.3 is 19.9 Å². The van der Waals surface area contributed by atoms with Crippen LogP contribution >= 0.6 is 0 Å². The van der Waals surface area contributed by atoms with Crippen molar-refractivity contribution in [2.75, 3.05) is 39.3 Å². The maximum absolute atomic E-state index is 12.5. The van der Waals surface area contributed by atoms with Gasteiger partial charge in [0.15, 0.2) is 0 Å². The van der Waals surface area contributed by atoms with E-state index in [9.17, 15) is 9.59 Å². The van der Waals surface area contributed by atoms with Crippen LogP contribution in [0.3, 0.4) is 0 Å². The van der Waals surface area contributed by atoms with E-state index >= 15 is 0 Å². The average molecular weight is 345 g/mol.